The first-order valence-electron chi connectivity index (χ1n) is 6.83. The van der Waals surface area contributed by atoms with Crippen LogP contribution < -0.4 is 5.32 Å². The lowest BCUT2D eigenvalue weighted by Gasteiger charge is -2.35. The molecule has 7 heteroatoms. The Hall–Kier alpha value is -1.34. The van der Waals surface area contributed by atoms with Crippen molar-refractivity contribution >= 4 is 45.0 Å². The molecule has 1 aromatic rings. The molecule has 0 atom stereocenters. The van der Waals surface area contributed by atoms with Crippen molar-refractivity contribution in [1.82, 2.24) is 9.80 Å². The summed E-state index contributed by atoms with van der Waals surface area (Å²) < 4.78 is 6.03. The summed E-state index contributed by atoms with van der Waals surface area (Å²) >= 11 is 8.81. The lowest BCUT2D eigenvalue weighted by atomic mass is 10.3. The van der Waals surface area contributed by atoms with Crippen LogP contribution in [0.25, 0.3) is 0 Å². The standard InChI is InChI=1S/C14H18BrN3O2S/c1-2-20-14(19)18-9-7-17(8-10-18)13(21)16-12-5-3-11(15)4-6-12/h3-6H,2,7-10H2,1H3,(H,16,21). The van der Waals surface area contributed by atoms with Gasteiger partial charge in [0.2, 0.25) is 0 Å². The zero-order valence-electron chi connectivity index (χ0n) is 11.8. The minimum absolute atomic E-state index is 0.246. The van der Waals surface area contributed by atoms with E-state index in [-0.39, 0.29) is 6.09 Å². The Kier molecular flexibility index (Phi) is 5.81. The van der Waals surface area contributed by atoms with E-state index in [0.29, 0.717) is 37.9 Å². The lowest BCUT2D eigenvalue weighted by molar-refractivity contribution is 0.0923. The van der Waals surface area contributed by atoms with E-state index in [1.165, 1.54) is 0 Å². The molecule has 1 aliphatic rings. The molecule has 1 amide bonds. The molecule has 0 aromatic heterocycles. The number of benzene rings is 1. The molecule has 1 aliphatic heterocycles. The first kappa shape index (κ1) is 16.0. The number of carbonyl (C=O) groups excluding carboxylic acids is 1. The number of piperazine rings is 1. The number of halogens is 1. The fraction of sp³-hybridized carbons (Fsp3) is 0.429. The van der Waals surface area contributed by atoms with E-state index in [1.54, 1.807) is 4.90 Å². The van der Waals surface area contributed by atoms with Gasteiger partial charge in [0.1, 0.15) is 0 Å². The van der Waals surface area contributed by atoms with Crippen molar-refractivity contribution in [1.29, 1.82) is 0 Å². The smallest absolute Gasteiger partial charge is 0.409 e. The van der Waals surface area contributed by atoms with E-state index in [4.69, 9.17) is 17.0 Å². The van der Waals surface area contributed by atoms with Gasteiger partial charge in [0.05, 0.1) is 6.61 Å². The molecule has 1 saturated heterocycles. The number of amides is 1. The van der Waals surface area contributed by atoms with Crippen molar-refractivity contribution in [3.8, 4) is 0 Å². The Morgan fingerprint density at radius 2 is 1.81 bits per heavy atom. The zero-order valence-corrected chi connectivity index (χ0v) is 14.2. The highest BCUT2D eigenvalue weighted by molar-refractivity contribution is 9.10. The number of carbonyl (C=O) groups is 1. The molecule has 0 spiro atoms. The molecule has 0 aliphatic carbocycles. The predicted octanol–water partition coefficient (Wildman–Crippen LogP) is 2.92. The van der Waals surface area contributed by atoms with Crippen LogP contribution in [0.15, 0.2) is 28.7 Å². The summed E-state index contributed by atoms with van der Waals surface area (Å²) in [6, 6.07) is 7.85. The quantitative estimate of drug-likeness (QED) is 0.809. The Bertz CT molecular complexity index is 501. The zero-order chi connectivity index (χ0) is 15.2. The maximum Gasteiger partial charge on any atom is 0.409 e. The van der Waals surface area contributed by atoms with Crippen LogP contribution in [0.5, 0.6) is 0 Å². The highest BCUT2D eigenvalue weighted by atomic mass is 79.9. The summed E-state index contributed by atoms with van der Waals surface area (Å²) in [5.41, 5.74) is 0.955. The summed E-state index contributed by atoms with van der Waals surface area (Å²) in [5, 5.41) is 3.89. The van der Waals surface area contributed by atoms with Crippen LogP contribution in [0, 0.1) is 0 Å². The number of hydrogen-bond acceptors (Lipinski definition) is 3. The van der Waals surface area contributed by atoms with Gasteiger partial charge in [-0.15, -0.1) is 0 Å². The van der Waals surface area contributed by atoms with Crippen molar-refractivity contribution in [2.45, 2.75) is 6.92 Å². The molecule has 114 valence electrons. The van der Waals surface area contributed by atoms with Crippen molar-refractivity contribution in [2.24, 2.45) is 0 Å². The predicted molar refractivity (Wildman–Crippen MR) is 90.5 cm³/mol. The first-order valence-corrected chi connectivity index (χ1v) is 8.03. The Balaban J connectivity index is 1.83. The molecule has 1 aromatic carbocycles. The largest absolute Gasteiger partial charge is 0.450 e. The molecule has 0 saturated carbocycles. The number of anilines is 1. The lowest BCUT2D eigenvalue weighted by Crippen LogP contribution is -2.51. The van der Waals surface area contributed by atoms with Crippen molar-refractivity contribution < 1.29 is 9.53 Å². The molecule has 21 heavy (non-hydrogen) atoms. The van der Waals surface area contributed by atoms with E-state index in [0.717, 1.165) is 10.2 Å². The van der Waals surface area contributed by atoms with Gasteiger partial charge in [-0.2, -0.15) is 0 Å². The van der Waals surface area contributed by atoms with Gasteiger partial charge in [-0.3, -0.25) is 0 Å². The van der Waals surface area contributed by atoms with Crippen LogP contribution >= 0.6 is 28.1 Å². The molecule has 0 radical (unpaired) electrons. The molecular formula is C14H18BrN3O2S. The molecular weight excluding hydrogens is 354 g/mol. The fourth-order valence-electron chi connectivity index (χ4n) is 2.04. The second kappa shape index (κ2) is 7.61. The maximum atomic E-state index is 11.6. The first-order chi connectivity index (χ1) is 10.1. The highest BCUT2D eigenvalue weighted by Gasteiger charge is 2.23. The van der Waals surface area contributed by atoms with E-state index in [1.807, 2.05) is 31.2 Å². The molecule has 1 heterocycles. The normalized spacial score (nSPS) is 14.8. The van der Waals surface area contributed by atoms with Crippen LogP contribution in [0.1, 0.15) is 6.92 Å². The van der Waals surface area contributed by atoms with Crippen LogP contribution in [0.2, 0.25) is 0 Å². The maximum absolute atomic E-state index is 11.6. The summed E-state index contributed by atoms with van der Waals surface area (Å²) in [6.45, 7) is 4.89. The third kappa shape index (κ3) is 4.57. The van der Waals surface area contributed by atoms with Gasteiger partial charge in [0.15, 0.2) is 5.11 Å². The van der Waals surface area contributed by atoms with E-state index >= 15 is 0 Å². The van der Waals surface area contributed by atoms with Gasteiger partial charge >= 0.3 is 6.09 Å². The van der Waals surface area contributed by atoms with Gasteiger partial charge in [-0.25, -0.2) is 4.79 Å². The second-order valence-corrected chi connectivity index (χ2v) is 5.91. The molecule has 1 N–H and O–H groups in total. The van der Waals surface area contributed by atoms with Gasteiger partial charge < -0.3 is 19.9 Å². The van der Waals surface area contributed by atoms with Crippen molar-refractivity contribution in [3.05, 3.63) is 28.7 Å². The van der Waals surface area contributed by atoms with E-state index in [2.05, 4.69) is 26.1 Å². The Labute approximate surface area is 138 Å². The summed E-state index contributed by atoms with van der Waals surface area (Å²) in [5.74, 6) is 0. The molecule has 0 bridgehead atoms. The number of nitrogens with one attached hydrogen (secondary N) is 1. The fourth-order valence-corrected chi connectivity index (χ4v) is 2.61. The topological polar surface area (TPSA) is 44.8 Å². The number of hydrogen-bond donors (Lipinski definition) is 1. The van der Waals surface area contributed by atoms with Gasteiger partial charge in [0, 0.05) is 36.3 Å². The van der Waals surface area contributed by atoms with E-state index in [9.17, 15) is 4.79 Å². The third-order valence-electron chi connectivity index (χ3n) is 3.19. The Morgan fingerprint density at radius 3 is 2.38 bits per heavy atom. The minimum atomic E-state index is -0.246. The highest BCUT2D eigenvalue weighted by Crippen LogP contribution is 2.15. The Morgan fingerprint density at radius 1 is 1.24 bits per heavy atom. The number of rotatable bonds is 2. The summed E-state index contributed by atoms with van der Waals surface area (Å²) in [7, 11) is 0. The molecule has 1 fully saturated rings. The number of thiocarbonyl (C=S) groups is 1. The van der Waals surface area contributed by atoms with Gasteiger partial charge in [0.25, 0.3) is 0 Å². The van der Waals surface area contributed by atoms with Crippen LogP contribution in [-0.2, 0) is 4.74 Å². The minimum Gasteiger partial charge on any atom is -0.450 e. The van der Waals surface area contributed by atoms with Gasteiger partial charge in [-0.05, 0) is 43.4 Å². The van der Waals surface area contributed by atoms with Crippen LogP contribution in [0.3, 0.4) is 0 Å². The monoisotopic (exact) mass is 371 g/mol. The molecule has 2 rings (SSSR count). The number of nitrogens with zero attached hydrogens (tertiary/aromatic N) is 2. The van der Waals surface area contributed by atoms with Gasteiger partial charge in [-0.1, -0.05) is 15.9 Å². The number of ether oxygens (including phenoxy) is 1. The van der Waals surface area contributed by atoms with Crippen molar-refractivity contribution in [2.75, 3.05) is 38.1 Å². The average Bonchev–Trinajstić information content (AvgIpc) is 2.50. The second-order valence-electron chi connectivity index (χ2n) is 4.61. The van der Waals surface area contributed by atoms with Crippen LogP contribution in [-0.4, -0.2) is 53.8 Å². The summed E-state index contributed by atoms with van der Waals surface area (Å²) in [4.78, 5) is 15.4. The van der Waals surface area contributed by atoms with Crippen molar-refractivity contribution in [3.63, 3.8) is 0 Å². The van der Waals surface area contributed by atoms with Crippen LogP contribution in [0.4, 0.5) is 10.5 Å². The van der Waals surface area contributed by atoms with E-state index < -0.39 is 0 Å². The molecule has 0 unspecified atom stereocenters. The molecule has 5 nitrogen and oxygen atoms in total. The SMILES string of the molecule is CCOC(=O)N1CCN(C(=S)Nc2ccc(Br)cc2)CC1. The average molecular weight is 372 g/mol. The third-order valence-corrected chi connectivity index (χ3v) is 4.08. The summed E-state index contributed by atoms with van der Waals surface area (Å²) in [6.07, 6.45) is -0.246.